The molecule has 0 bridgehead atoms. The zero-order valence-electron chi connectivity index (χ0n) is 11.3. The van der Waals surface area contributed by atoms with Gasteiger partial charge >= 0.3 is 12.0 Å². The Morgan fingerprint density at radius 3 is 2.32 bits per heavy atom. The van der Waals surface area contributed by atoms with Crippen molar-refractivity contribution in [2.75, 3.05) is 26.9 Å². The minimum Gasteiger partial charge on any atom is -0.480 e. The molecular weight excluding hydrogens is 256 g/mol. The van der Waals surface area contributed by atoms with Crippen molar-refractivity contribution in [3.05, 3.63) is 0 Å². The number of aliphatic carboxylic acids is 1. The molecule has 0 aromatic carbocycles. The minimum absolute atomic E-state index is 0.143. The van der Waals surface area contributed by atoms with Gasteiger partial charge < -0.3 is 19.9 Å². The third kappa shape index (κ3) is 8.97. The average molecular weight is 276 g/mol. The number of carboxylic acid groups (broad SMARTS) is 1. The van der Waals surface area contributed by atoms with E-state index >= 15 is 0 Å². The highest BCUT2D eigenvalue weighted by Crippen LogP contribution is 2.01. The highest BCUT2D eigenvalue weighted by atomic mass is 16.5. The third-order valence-corrected chi connectivity index (χ3v) is 2.18. The number of rotatable bonds is 8. The number of carbonyl (C=O) groups excluding carboxylic acids is 2. The van der Waals surface area contributed by atoms with Crippen molar-refractivity contribution >= 4 is 17.9 Å². The zero-order chi connectivity index (χ0) is 14.8. The summed E-state index contributed by atoms with van der Waals surface area (Å²) in [5.74, 6) is -1.75. The van der Waals surface area contributed by atoms with Crippen LogP contribution in [0.1, 0.15) is 13.8 Å². The highest BCUT2D eigenvalue weighted by Gasteiger charge is 2.17. The number of amides is 3. The van der Waals surface area contributed by atoms with Gasteiger partial charge in [-0.15, -0.1) is 0 Å². The SMILES string of the molecule is COCC(NC(=O)NC(=O)COCC(=O)O)C(C)C. The Morgan fingerprint density at radius 2 is 1.84 bits per heavy atom. The third-order valence-electron chi connectivity index (χ3n) is 2.18. The van der Waals surface area contributed by atoms with Crippen LogP contribution in [0.3, 0.4) is 0 Å². The van der Waals surface area contributed by atoms with Gasteiger partial charge in [-0.1, -0.05) is 13.8 Å². The van der Waals surface area contributed by atoms with Crippen LogP contribution in [0.5, 0.6) is 0 Å². The van der Waals surface area contributed by atoms with Crippen LogP contribution in [0.2, 0.25) is 0 Å². The number of hydrogen-bond acceptors (Lipinski definition) is 5. The molecule has 1 atom stereocenters. The van der Waals surface area contributed by atoms with Crippen molar-refractivity contribution in [3.8, 4) is 0 Å². The fourth-order valence-corrected chi connectivity index (χ4v) is 1.18. The molecule has 8 heteroatoms. The lowest BCUT2D eigenvalue weighted by Crippen LogP contribution is -2.49. The fraction of sp³-hybridized carbons (Fsp3) is 0.727. The molecule has 110 valence electrons. The van der Waals surface area contributed by atoms with Gasteiger partial charge in [0.1, 0.15) is 13.2 Å². The van der Waals surface area contributed by atoms with E-state index in [2.05, 4.69) is 10.1 Å². The number of carboxylic acids is 1. The Kier molecular flexibility index (Phi) is 8.47. The number of ether oxygens (including phenoxy) is 2. The number of imide groups is 1. The van der Waals surface area contributed by atoms with E-state index in [9.17, 15) is 14.4 Å². The second-order valence-corrected chi connectivity index (χ2v) is 4.21. The van der Waals surface area contributed by atoms with Gasteiger partial charge in [-0.25, -0.2) is 9.59 Å². The van der Waals surface area contributed by atoms with Gasteiger partial charge in [0.2, 0.25) is 0 Å². The lowest BCUT2D eigenvalue weighted by atomic mass is 10.1. The predicted octanol–water partition coefficient (Wildman–Crippen LogP) is -0.416. The van der Waals surface area contributed by atoms with Gasteiger partial charge in [0.05, 0.1) is 12.6 Å². The van der Waals surface area contributed by atoms with Crippen LogP contribution in [0, 0.1) is 5.92 Å². The van der Waals surface area contributed by atoms with Gasteiger partial charge in [-0.2, -0.15) is 0 Å². The first-order valence-electron chi connectivity index (χ1n) is 5.75. The highest BCUT2D eigenvalue weighted by molar-refractivity contribution is 5.95. The van der Waals surface area contributed by atoms with E-state index in [0.717, 1.165) is 0 Å². The molecule has 0 aliphatic heterocycles. The molecule has 0 aromatic heterocycles. The van der Waals surface area contributed by atoms with Crippen molar-refractivity contribution in [1.82, 2.24) is 10.6 Å². The smallest absolute Gasteiger partial charge is 0.329 e. The van der Waals surface area contributed by atoms with E-state index in [0.29, 0.717) is 6.61 Å². The molecule has 3 amide bonds. The minimum atomic E-state index is -1.18. The zero-order valence-corrected chi connectivity index (χ0v) is 11.3. The maximum absolute atomic E-state index is 11.5. The van der Waals surface area contributed by atoms with Gasteiger partial charge in [-0.05, 0) is 5.92 Å². The summed E-state index contributed by atoms with van der Waals surface area (Å²) >= 11 is 0. The quantitative estimate of drug-likeness (QED) is 0.555. The molecule has 0 saturated carbocycles. The van der Waals surface area contributed by atoms with Crippen LogP contribution in [-0.4, -0.2) is 56.0 Å². The van der Waals surface area contributed by atoms with Gasteiger partial charge in [0, 0.05) is 7.11 Å². The molecule has 0 spiro atoms. The molecule has 1 unspecified atom stereocenters. The number of nitrogens with one attached hydrogen (secondary N) is 2. The van der Waals surface area contributed by atoms with Gasteiger partial charge in [0.15, 0.2) is 0 Å². The maximum atomic E-state index is 11.5. The maximum Gasteiger partial charge on any atom is 0.329 e. The first kappa shape index (κ1) is 17.3. The monoisotopic (exact) mass is 276 g/mol. The van der Waals surface area contributed by atoms with Crippen LogP contribution in [0.15, 0.2) is 0 Å². The first-order chi connectivity index (χ1) is 8.86. The van der Waals surface area contributed by atoms with Crippen LogP contribution < -0.4 is 10.6 Å². The molecule has 0 fully saturated rings. The lowest BCUT2D eigenvalue weighted by molar-refractivity contribution is -0.143. The number of urea groups is 1. The van der Waals surface area contributed by atoms with E-state index < -0.39 is 31.1 Å². The van der Waals surface area contributed by atoms with Crippen LogP contribution in [0.25, 0.3) is 0 Å². The summed E-state index contributed by atoms with van der Waals surface area (Å²) in [6.45, 7) is 3.06. The Balaban J connectivity index is 4.01. The second kappa shape index (κ2) is 9.29. The van der Waals surface area contributed by atoms with E-state index in [1.165, 1.54) is 7.11 Å². The molecule has 3 N–H and O–H groups in total. The van der Waals surface area contributed by atoms with Crippen molar-refractivity contribution in [2.24, 2.45) is 5.92 Å². The predicted molar refractivity (Wildman–Crippen MR) is 65.6 cm³/mol. The summed E-state index contributed by atoms with van der Waals surface area (Å²) in [7, 11) is 1.51. The molecular formula is C11H20N2O6. The van der Waals surface area contributed by atoms with Crippen molar-refractivity contribution < 1.29 is 29.0 Å². The van der Waals surface area contributed by atoms with Crippen molar-refractivity contribution in [1.29, 1.82) is 0 Å². The largest absolute Gasteiger partial charge is 0.480 e. The molecule has 0 aromatic rings. The standard InChI is InChI=1S/C11H20N2O6/c1-7(2)8(4-18-3)12-11(17)13-9(14)5-19-6-10(15)16/h7-8H,4-6H2,1-3H3,(H,15,16)(H2,12,13,14,17). The molecule has 0 aliphatic rings. The van der Waals surface area contributed by atoms with Crippen LogP contribution in [0.4, 0.5) is 4.79 Å². The summed E-state index contributed by atoms with van der Waals surface area (Å²) in [5.41, 5.74) is 0. The molecule has 0 radical (unpaired) electrons. The Hall–Kier alpha value is -1.67. The summed E-state index contributed by atoms with van der Waals surface area (Å²) in [5, 5.41) is 12.9. The molecule has 0 rings (SSSR count). The average Bonchev–Trinajstić information content (AvgIpc) is 2.27. The van der Waals surface area contributed by atoms with Gasteiger partial charge in [-0.3, -0.25) is 10.1 Å². The second-order valence-electron chi connectivity index (χ2n) is 4.21. The first-order valence-corrected chi connectivity index (χ1v) is 5.75. The van der Waals surface area contributed by atoms with Gasteiger partial charge in [0.25, 0.3) is 5.91 Å². The normalized spacial score (nSPS) is 12.0. The van der Waals surface area contributed by atoms with E-state index in [4.69, 9.17) is 9.84 Å². The van der Waals surface area contributed by atoms with Crippen LogP contribution >= 0.6 is 0 Å². The molecule has 0 heterocycles. The molecule has 19 heavy (non-hydrogen) atoms. The van der Waals surface area contributed by atoms with E-state index in [-0.39, 0.29) is 12.0 Å². The van der Waals surface area contributed by atoms with Crippen molar-refractivity contribution in [3.63, 3.8) is 0 Å². The topological polar surface area (TPSA) is 114 Å². The summed E-state index contributed by atoms with van der Waals surface area (Å²) < 4.78 is 9.49. The molecule has 8 nitrogen and oxygen atoms in total. The molecule has 0 saturated heterocycles. The molecule has 0 aliphatic carbocycles. The summed E-state index contributed by atoms with van der Waals surface area (Å²) in [4.78, 5) is 32.8. The van der Waals surface area contributed by atoms with E-state index in [1.54, 1.807) is 0 Å². The number of hydrogen-bond donors (Lipinski definition) is 3. The van der Waals surface area contributed by atoms with Crippen molar-refractivity contribution in [2.45, 2.75) is 19.9 Å². The Labute approximate surface area is 111 Å². The van der Waals surface area contributed by atoms with Crippen LogP contribution in [-0.2, 0) is 19.1 Å². The lowest BCUT2D eigenvalue weighted by Gasteiger charge is -2.21. The fourth-order valence-electron chi connectivity index (χ4n) is 1.18. The summed E-state index contributed by atoms with van der Waals surface area (Å²) in [6, 6.07) is -0.891. The number of methoxy groups -OCH3 is 1. The number of carbonyl (C=O) groups is 3. The van der Waals surface area contributed by atoms with E-state index in [1.807, 2.05) is 19.2 Å². The Bertz CT molecular complexity index is 318. The summed E-state index contributed by atoms with van der Waals surface area (Å²) in [6.07, 6.45) is 0. The Morgan fingerprint density at radius 1 is 1.21 bits per heavy atom.